The summed E-state index contributed by atoms with van der Waals surface area (Å²) < 4.78 is 24.3. The summed E-state index contributed by atoms with van der Waals surface area (Å²) in [4.78, 5) is 15.8. The Labute approximate surface area is 152 Å². The zero-order valence-corrected chi connectivity index (χ0v) is 15.4. The van der Waals surface area contributed by atoms with E-state index < -0.39 is 46.6 Å². The number of aromatic nitrogens is 1. The fraction of sp³-hybridized carbons (Fsp3) is 0.636. The summed E-state index contributed by atoms with van der Waals surface area (Å²) in [6, 6.07) is 0. The summed E-state index contributed by atoms with van der Waals surface area (Å²) in [7, 11) is -3.60. The smallest absolute Gasteiger partial charge is 0.273 e. The Hall–Kier alpha value is -1.00. The molecule has 1 heterocycles. The van der Waals surface area contributed by atoms with Crippen LogP contribution in [0.1, 0.15) is 10.5 Å². The number of carbonyl (C=O) groups is 1. The largest absolute Gasteiger partial charge is 0.391 e. The van der Waals surface area contributed by atoms with E-state index in [0.29, 0.717) is 0 Å². The van der Waals surface area contributed by atoms with Crippen LogP contribution in [0.15, 0.2) is 5.38 Å². The predicted molar refractivity (Wildman–Crippen MR) is 92.0 cm³/mol. The number of amides is 1. The zero-order valence-electron chi connectivity index (χ0n) is 12.9. The van der Waals surface area contributed by atoms with Crippen molar-refractivity contribution in [2.24, 2.45) is 0 Å². The summed E-state index contributed by atoms with van der Waals surface area (Å²) in [6.45, 7) is -1.19. The van der Waals surface area contributed by atoms with Crippen LogP contribution in [0.4, 0.5) is 5.13 Å². The Kier molecular flexibility index (Phi) is 7.57. The zero-order chi connectivity index (χ0) is 19.4. The summed E-state index contributed by atoms with van der Waals surface area (Å²) in [5, 5.41) is 51.5. The van der Waals surface area contributed by atoms with Crippen LogP contribution in [0.2, 0.25) is 0 Å². The lowest BCUT2D eigenvalue weighted by atomic mass is 9.98. The van der Waals surface area contributed by atoms with E-state index in [4.69, 9.17) is 0 Å². The molecule has 0 radical (unpaired) electrons. The molecule has 0 aliphatic heterocycles. The van der Waals surface area contributed by atoms with E-state index in [0.717, 1.165) is 17.6 Å². The van der Waals surface area contributed by atoms with Gasteiger partial charge < -0.3 is 30.8 Å². The molecular weight excluding hydrogens is 398 g/mol. The van der Waals surface area contributed by atoms with Gasteiger partial charge >= 0.3 is 0 Å². The van der Waals surface area contributed by atoms with Gasteiger partial charge in [-0.25, -0.2) is 13.4 Å². The van der Waals surface area contributed by atoms with Crippen molar-refractivity contribution < 1.29 is 38.7 Å². The highest BCUT2D eigenvalue weighted by Gasteiger charge is 2.43. The third kappa shape index (κ3) is 6.03. The Balaban J connectivity index is 2.91. The molecule has 25 heavy (non-hydrogen) atoms. The number of aliphatic hydroxyl groups excluding tert-OH is 4. The Morgan fingerprint density at radius 3 is 2.52 bits per heavy atom. The van der Waals surface area contributed by atoms with E-state index in [2.05, 4.69) is 22.3 Å². The van der Waals surface area contributed by atoms with Crippen molar-refractivity contribution >= 4 is 45.0 Å². The summed E-state index contributed by atoms with van der Waals surface area (Å²) in [5.74, 6) is -1.30. The van der Waals surface area contributed by atoms with Crippen LogP contribution >= 0.6 is 24.0 Å². The molecule has 1 amide bonds. The molecule has 4 unspecified atom stereocenters. The Morgan fingerprint density at radius 1 is 1.44 bits per heavy atom. The molecule has 0 spiro atoms. The molecule has 0 aliphatic carbocycles. The highest BCUT2D eigenvalue weighted by atomic mass is 32.2. The molecule has 7 N–H and O–H groups in total. The fourth-order valence-corrected chi connectivity index (χ4v) is 3.41. The summed E-state index contributed by atoms with van der Waals surface area (Å²) in [5.41, 5.74) is -2.99. The molecule has 0 bridgehead atoms. The Morgan fingerprint density at radius 2 is 2.04 bits per heavy atom. The van der Waals surface area contributed by atoms with Gasteiger partial charge in [0.15, 0.2) is 10.9 Å². The molecule has 0 saturated heterocycles. The monoisotopic (exact) mass is 417 g/mol. The molecule has 0 aromatic carbocycles. The molecule has 14 heteroatoms. The van der Waals surface area contributed by atoms with Gasteiger partial charge in [-0.2, -0.15) is 12.6 Å². The minimum Gasteiger partial charge on any atom is -0.391 e. The van der Waals surface area contributed by atoms with Gasteiger partial charge in [-0.3, -0.25) is 9.52 Å². The van der Waals surface area contributed by atoms with E-state index in [9.17, 15) is 38.7 Å². The van der Waals surface area contributed by atoms with Crippen LogP contribution in [0.5, 0.6) is 0 Å². The first-order valence-electron chi connectivity index (χ1n) is 6.67. The van der Waals surface area contributed by atoms with Crippen LogP contribution in [-0.4, -0.2) is 87.5 Å². The average molecular weight is 417 g/mol. The minimum absolute atomic E-state index is 0.105. The van der Waals surface area contributed by atoms with Gasteiger partial charge in [0.25, 0.3) is 5.91 Å². The van der Waals surface area contributed by atoms with E-state index in [-0.39, 0.29) is 16.6 Å². The van der Waals surface area contributed by atoms with Crippen molar-refractivity contribution in [2.75, 3.05) is 23.3 Å². The number of thiazole rings is 1. The van der Waals surface area contributed by atoms with E-state index in [1.165, 1.54) is 5.38 Å². The van der Waals surface area contributed by atoms with Crippen LogP contribution in [0, 0.1) is 0 Å². The number of rotatable bonds is 9. The highest BCUT2D eigenvalue weighted by molar-refractivity contribution is 7.92. The first kappa shape index (κ1) is 22.0. The van der Waals surface area contributed by atoms with Gasteiger partial charge in [-0.05, 0) is 0 Å². The van der Waals surface area contributed by atoms with Crippen LogP contribution < -0.4 is 10.0 Å². The maximum Gasteiger partial charge on any atom is 0.273 e. The molecule has 11 nitrogen and oxygen atoms in total. The van der Waals surface area contributed by atoms with Gasteiger partial charge in [-0.1, -0.05) is 0 Å². The van der Waals surface area contributed by atoms with Crippen molar-refractivity contribution in [1.82, 2.24) is 10.3 Å². The van der Waals surface area contributed by atoms with Gasteiger partial charge in [0, 0.05) is 11.1 Å². The van der Waals surface area contributed by atoms with Crippen molar-refractivity contribution in [2.45, 2.75) is 24.0 Å². The number of anilines is 1. The predicted octanol–water partition coefficient (Wildman–Crippen LogP) is -3.06. The molecule has 1 aromatic heterocycles. The number of aliphatic hydroxyl groups is 5. The fourth-order valence-electron chi connectivity index (χ4n) is 1.65. The second kappa shape index (κ2) is 8.59. The normalized spacial score (nSPS) is 18.0. The van der Waals surface area contributed by atoms with Crippen LogP contribution in [0.3, 0.4) is 0 Å². The SMILES string of the molecule is CS(=O)(=O)Nc1nc(C(=O)NC(O)(CO)C(O)C(O)C(O)CS)cs1. The lowest BCUT2D eigenvalue weighted by Gasteiger charge is -2.35. The van der Waals surface area contributed by atoms with Crippen LogP contribution in [-0.2, 0) is 10.0 Å². The molecule has 0 saturated carbocycles. The lowest BCUT2D eigenvalue weighted by molar-refractivity contribution is -0.174. The topological polar surface area (TPSA) is 189 Å². The van der Waals surface area contributed by atoms with Crippen molar-refractivity contribution in [3.8, 4) is 0 Å². The maximum absolute atomic E-state index is 12.1. The van der Waals surface area contributed by atoms with E-state index in [1.807, 2.05) is 5.32 Å². The number of carbonyl (C=O) groups excluding carboxylic acids is 1. The standard InChI is InChI=1S/C11H19N3O8S3/c1-25(21,22)14-10-12-5(3-24-10)9(19)13-11(20,4-15)8(18)7(17)6(16)2-23/h3,6-8,15-18,20,23H,2,4H2,1H3,(H,12,14)(H,13,19). The second-order valence-corrected chi connectivity index (χ2v) is 8.11. The van der Waals surface area contributed by atoms with E-state index in [1.54, 1.807) is 0 Å². The number of sulfonamides is 1. The highest BCUT2D eigenvalue weighted by Crippen LogP contribution is 2.19. The molecule has 144 valence electrons. The van der Waals surface area contributed by atoms with Gasteiger partial charge in [0.05, 0.1) is 19.0 Å². The second-order valence-electron chi connectivity index (χ2n) is 5.13. The summed E-state index contributed by atoms with van der Waals surface area (Å²) in [6.07, 6.45) is -4.69. The van der Waals surface area contributed by atoms with Gasteiger partial charge in [0.1, 0.15) is 17.9 Å². The average Bonchev–Trinajstić information content (AvgIpc) is 2.98. The number of nitrogens with one attached hydrogen (secondary N) is 2. The van der Waals surface area contributed by atoms with Crippen LogP contribution in [0.25, 0.3) is 0 Å². The number of thiol groups is 1. The van der Waals surface area contributed by atoms with Crippen molar-refractivity contribution in [1.29, 1.82) is 0 Å². The minimum atomic E-state index is -3.60. The van der Waals surface area contributed by atoms with Crippen molar-refractivity contribution in [3.05, 3.63) is 11.1 Å². The maximum atomic E-state index is 12.1. The quantitative estimate of drug-likeness (QED) is 0.152. The summed E-state index contributed by atoms with van der Waals surface area (Å²) >= 11 is 4.51. The first-order chi connectivity index (χ1) is 11.4. The van der Waals surface area contributed by atoms with E-state index >= 15 is 0 Å². The molecular formula is C11H19N3O8S3. The Bertz CT molecular complexity index is 696. The number of hydrogen-bond acceptors (Lipinski definition) is 11. The third-order valence-corrected chi connectivity index (χ3v) is 4.80. The molecule has 1 rings (SSSR count). The number of nitrogens with zero attached hydrogens (tertiary/aromatic N) is 1. The molecule has 0 fully saturated rings. The molecule has 4 atom stereocenters. The number of hydrogen-bond donors (Lipinski definition) is 8. The lowest BCUT2D eigenvalue weighted by Crippen LogP contribution is -2.64. The third-order valence-electron chi connectivity index (χ3n) is 2.97. The van der Waals surface area contributed by atoms with Gasteiger partial charge in [-0.15, -0.1) is 11.3 Å². The van der Waals surface area contributed by atoms with Gasteiger partial charge in [0.2, 0.25) is 10.0 Å². The molecule has 1 aromatic rings. The molecule has 0 aliphatic rings. The first-order valence-corrected chi connectivity index (χ1v) is 10.1. The van der Waals surface area contributed by atoms with Crippen molar-refractivity contribution in [3.63, 3.8) is 0 Å².